The molecule has 0 aliphatic carbocycles. The number of thioether (sulfide) groups is 1. The number of ketones is 1. The molecular formula is C11H11NO2S. The van der Waals surface area contributed by atoms with Crippen LogP contribution in [0.4, 0.5) is 0 Å². The van der Waals surface area contributed by atoms with Crippen molar-refractivity contribution >= 4 is 23.3 Å². The van der Waals surface area contributed by atoms with E-state index in [-0.39, 0.29) is 11.5 Å². The minimum Gasteiger partial charge on any atom is -0.411 e. The summed E-state index contributed by atoms with van der Waals surface area (Å²) in [6.45, 7) is 3.92. The van der Waals surface area contributed by atoms with E-state index >= 15 is 0 Å². The zero-order chi connectivity index (χ0) is 11.0. The fraction of sp³-hybridized carbons (Fsp3) is 0.273. The molecule has 0 saturated heterocycles. The Kier molecular flexibility index (Phi) is 2.52. The lowest BCUT2D eigenvalue weighted by Crippen LogP contribution is -2.23. The van der Waals surface area contributed by atoms with Crippen molar-refractivity contribution in [1.29, 1.82) is 0 Å². The number of carbonyl (C=O) groups excluding carboxylic acids is 1. The molecule has 15 heavy (non-hydrogen) atoms. The Morgan fingerprint density at radius 1 is 1.40 bits per heavy atom. The molecule has 0 aromatic heterocycles. The van der Waals surface area contributed by atoms with E-state index in [1.54, 1.807) is 11.8 Å². The summed E-state index contributed by atoms with van der Waals surface area (Å²) in [5.41, 5.74) is 3.02. The molecule has 0 radical (unpaired) electrons. The lowest BCUT2D eigenvalue weighted by molar-refractivity contribution is 0.105. The van der Waals surface area contributed by atoms with Crippen LogP contribution in [0.2, 0.25) is 0 Å². The number of oxime groups is 1. The van der Waals surface area contributed by atoms with Gasteiger partial charge in [-0.15, -0.1) is 11.8 Å². The summed E-state index contributed by atoms with van der Waals surface area (Å²) in [5.74, 6) is 0.300. The van der Waals surface area contributed by atoms with Crippen LogP contribution in [0.15, 0.2) is 22.2 Å². The summed E-state index contributed by atoms with van der Waals surface area (Å²) in [4.78, 5) is 12.9. The van der Waals surface area contributed by atoms with Crippen LogP contribution in [-0.2, 0) is 0 Å². The smallest absolute Gasteiger partial charge is 0.212 e. The number of aryl methyl sites for hydroxylation is 2. The van der Waals surface area contributed by atoms with Gasteiger partial charge < -0.3 is 5.21 Å². The van der Waals surface area contributed by atoms with Crippen LogP contribution in [0.3, 0.4) is 0 Å². The van der Waals surface area contributed by atoms with E-state index in [2.05, 4.69) is 5.16 Å². The Bertz CT molecular complexity index is 466. The highest BCUT2D eigenvalue weighted by atomic mass is 32.2. The number of fused-ring (bicyclic) bond motifs is 1. The van der Waals surface area contributed by atoms with Gasteiger partial charge in [0, 0.05) is 16.2 Å². The zero-order valence-corrected chi connectivity index (χ0v) is 9.39. The average Bonchev–Trinajstić information content (AvgIpc) is 2.17. The Balaban J connectivity index is 2.62. The lowest BCUT2D eigenvalue weighted by atomic mass is 9.99. The monoisotopic (exact) mass is 221 g/mol. The van der Waals surface area contributed by atoms with Gasteiger partial charge in [0.1, 0.15) is 5.71 Å². The summed E-state index contributed by atoms with van der Waals surface area (Å²) in [5, 5.41) is 11.7. The summed E-state index contributed by atoms with van der Waals surface area (Å²) in [7, 11) is 0. The zero-order valence-electron chi connectivity index (χ0n) is 8.57. The standard InChI is InChI=1S/C11H11NO2S/c1-6-3-7(2)10-9(4-6)15-5-8(12-14)11(10)13/h3-4,14H,5H2,1-2H3/b12-8-. The van der Waals surface area contributed by atoms with E-state index in [0.29, 0.717) is 11.3 Å². The van der Waals surface area contributed by atoms with Crippen LogP contribution in [0.5, 0.6) is 0 Å². The molecule has 1 aliphatic rings. The summed E-state index contributed by atoms with van der Waals surface area (Å²) >= 11 is 1.54. The molecule has 4 heteroatoms. The number of hydrogen-bond donors (Lipinski definition) is 1. The average molecular weight is 221 g/mol. The second-order valence-corrected chi connectivity index (χ2v) is 4.64. The Labute approximate surface area is 92.2 Å². The van der Waals surface area contributed by atoms with E-state index in [4.69, 9.17) is 5.21 Å². The number of carbonyl (C=O) groups is 1. The van der Waals surface area contributed by atoms with Gasteiger partial charge in [0.25, 0.3) is 0 Å². The second-order valence-electron chi connectivity index (χ2n) is 3.62. The maximum atomic E-state index is 11.9. The van der Waals surface area contributed by atoms with E-state index < -0.39 is 0 Å². The van der Waals surface area contributed by atoms with E-state index in [1.807, 2.05) is 26.0 Å². The number of hydrogen-bond acceptors (Lipinski definition) is 4. The number of nitrogens with zero attached hydrogens (tertiary/aromatic N) is 1. The number of Topliss-reactive ketones (excluding diaryl/α,β-unsaturated/α-hetero) is 1. The highest BCUT2D eigenvalue weighted by Gasteiger charge is 2.26. The van der Waals surface area contributed by atoms with Gasteiger partial charge in [0.05, 0.1) is 0 Å². The molecule has 1 aliphatic heterocycles. The maximum Gasteiger partial charge on any atom is 0.212 e. The van der Waals surface area contributed by atoms with E-state index in [0.717, 1.165) is 16.0 Å². The van der Waals surface area contributed by atoms with Gasteiger partial charge in [0.2, 0.25) is 5.78 Å². The third kappa shape index (κ3) is 1.65. The second kappa shape index (κ2) is 3.70. The first kappa shape index (κ1) is 10.2. The molecule has 1 N–H and O–H groups in total. The van der Waals surface area contributed by atoms with E-state index in [9.17, 15) is 4.79 Å². The molecule has 2 rings (SSSR count). The Morgan fingerprint density at radius 3 is 2.80 bits per heavy atom. The van der Waals surface area contributed by atoms with Crippen molar-refractivity contribution in [3.63, 3.8) is 0 Å². The van der Waals surface area contributed by atoms with Crippen LogP contribution in [0.25, 0.3) is 0 Å². The maximum absolute atomic E-state index is 11.9. The van der Waals surface area contributed by atoms with Crippen molar-refractivity contribution in [1.82, 2.24) is 0 Å². The van der Waals surface area contributed by atoms with Gasteiger partial charge in [-0.05, 0) is 31.0 Å². The first-order valence-corrected chi connectivity index (χ1v) is 5.61. The van der Waals surface area contributed by atoms with E-state index in [1.165, 1.54) is 0 Å². The minimum absolute atomic E-state index is 0.149. The van der Waals surface area contributed by atoms with Gasteiger partial charge in [-0.2, -0.15) is 0 Å². The predicted octanol–water partition coefficient (Wildman–Crippen LogP) is 2.42. The molecule has 0 bridgehead atoms. The van der Waals surface area contributed by atoms with Crippen molar-refractivity contribution in [2.24, 2.45) is 5.16 Å². The highest BCUT2D eigenvalue weighted by molar-refractivity contribution is 8.00. The molecule has 0 fully saturated rings. The van der Waals surface area contributed by atoms with Gasteiger partial charge in [-0.1, -0.05) is 11.2 Å². The normalized spacial score (nSPS) is 18.0. The van der Waals surface area contributed by atoms with Crippen molar-refractivity contribution in [3.05, 3.63) is 28.8 Å². The molecule has 1 aromatic rings. The van der Waals surface area contributed by atoms with Crippen molar-refractivity contribution in [2.45, 2.75) is 18.7 Å². The summed E-state index contributed by atoms with van der Waals surface area (Å²) < 4.78 is 0. The highest BCUT2D eigenvalue weighted by Crippen LogP contribution is 2.32. The van der Waals surface area contributed by atoms with Gasteiger partial charge in [-0.25, -0.2) is 0 Å². The number of benzene rings is 1. The largest absolute Gasteiger partial charge is 0.411 e. The molecule has 1 aromatic carbocycles. The van der Waals surface area contributed by atoms with Gasteiger partial charge in [-0.3, -0.25) is 4.79 Å². The molecule has 0 saturated carbocycles. The molecule has 0 unspecified atom stereocenters. The SMILES string of the molecule is Cc1cc(C)c2c(c1)SC/C(=N/O)C2=O. The molecule has 3 nitrogen and oxygen atoms in total. The molecule has 0 atom stereocenters. The number of rotatable bonds is 0. The fourth-order valence-electron chi connectivity index (χ4n) is 1.76. The van der Waals surface area contributed by atoms with Crippen LogP contribution in [0.1, 0.15) is 21.5 Å². The first-order chi connectivity index (χ1) is 7.13. The molecule has 1 heterocycles. The lowest BCUT2D eigenvalue weighted by Gasteiger charge is -2.17. The quantitative estimate of drug-likeness (QED) is 0.540. The van der Waals surface area contributed by atoms with Crippen molar-refractivity contribution < 1.29 is 10.0 Å². The third-order valence-corrected chi connectivity index (χ3v) is 3.47. The van der Waals surface area contributed by atoms with Crippen LogP contribution in [-0.4, -0.2) is 22.5 Å². The van der Waals surface area contributed by atoms with Crippen LogP contribution in [0, 0.1) is 13.8 Å². The molecule has 0 amide bonds. The Morgan fingerprint density at radius 2 is 2.13 bits per heavy atom. The molecule has 78 valence electrons. The minimum atomic E-state index is -0.149. The molecular weight excluding hydrogens is 210 g/mol. The molecule has 0 spiro atoms. The predicted molar refractivity (Wildman–Crippen MR) is 60.2 cm³/mol. The van der Waals surface area contributed by atoms with Gasteiger partial charge >= 0.3 is 0 Å². The third-order valence-electron chi connectivity index (χ3n) is 2.42. The van der Waals surface area contributed by atoms with Crippen LogP contribution < -0.4 is 0 Å². The first-order valence-electron chi connectivity index (χ1n) is 4.63. The van der Waals surface area contributed by atoms with Gasteiger partial charge in [0.15, 0.2) is 0 Å². The fourth-order valence-corrected chi connectivity index (χ4v) is 2.91. The summed E-state index contributed by atoms with van der Waals surface area (Å²) in [6, 6.07) is 3.97. The van der Waals surface area contributed by atoms with Crippen molar-refractivity contribution in [3.8, 4) is 0 Å². The topological polar surface area (TPSA) is 49.7 Å². The van der Waals surface area contributed by atoms with Crippen molar-refractivity contribution in [2.75, 3.05) is 5.75 Å². The summed E-state index contributed by atoms with van der Waals surface area (Å²) in [6.07, 6.45) is 0. The Hall–Kier alpha value is -1.29. The van der Waals surface area contributed by atoms with Crippen LogP contribution >= 0.6 is 11.8 Å².